The molecule has 0 aliphatic heterocycles. The van der Waals surface area contributed by atoms with Crippen molar-refractivity contribution in [2.75, 3.05) is 0 Å². The van der Waals surface area contributed by atoms with Gasteiger partial charge in [-0.1, -0.05) is 25.0 Å². The summed E-state index contributed by atoms with van der Waals surface area (Å²) in [5.41, 5.74) is 2.52. The van der Waals surface area contributed by atoms with Crippen LogP contribution in [0.5, 0.6) is 0 Å². The van der Waals surface area contributed by atoms with E-state index in [-0.39, 0.29) is 5.56 Å². The number of aromatic carboxylic acids is 1. The van der Waals surface area contributed by atoms with Gasteiger partial charge < -0.3 is 14.5 Å². The number of carbonyl (C=O) groups excluding carboxylic acids is 1. The van der Waals surface area contributed by atoms with Crippen molar-refractivity contribution in [1.29, 1.82) is 0 Å². The first-order valence-electron chi connectivity index (χ1n) is 6.58. The Balaban J connectivity index is 2.22. The van der Waals surface area contributed by atoms with Gasteiger partial charge in [-0.25, -0.2) is 0 Å². The Hall–Kier alpha value is -1.29. The van der Waals surface area contributed by atoms with Crippen LogP contribution in [0, 0.1) is 0 Å². The highest BCUT2D eigenvalue weighted by Gasteiger charge is 2.24. The molecule has 2 aromatic rings. The maximum Gasteiger partial charge on any atom is 0.0890 e. The molecule has 1 fully saturated rings. The van der Waals surface area contributed by atoms with Crippen molar-refractivity contribution < 1.29 is 9.90 Å². The number of halogens is 1. The molecule has 0 unspecified atom stereocenters. The molecule has 0 N–H and O–H groups in total. The van der Waals surface area contributed by atoms with Crippen molar-refractivity contribution in [2.45, 2.75) is 31.6 Å². The molecule has 0 bridgehead atoms. The molecule has 0 spiro atoms. The first kappa shape index (κ1) is 12.7. The predicted octanol–water partition coefficient (Wildman–Crippen LogP) is 2.96. The van der Waals surface area contributed by atoms with Crippen molar-refractivity contribution in [3.63, 3.8) is 0 Å². The van der Waals surface area contributed by atoms with Crippen molar-refractivity contribution in [3.8, 4) is 0 Å². The molecule has 3 rings (SSSR count). The van der Waals surface area contributed by atoms with Crippen LogP contribution in [0.4, 0.5) is 0 Å². The lowest BCUT2D eigenvalue weighted by Gasteiger charge is -2.09. The minimum absolute atomic E-state index is 0.235. The quantitative estimate of drug-likeness (QED) is 0.854. The first-order chi connectivity index (χ1) is 9.09. The predicted molar refractivity (Wildman–Crippen MR) is 76.2 cm³/mol. The first-order valence-corrected chi connectivity index (χ1v) is 7.38. The van der Waals surface area contributed by atoms with Crippen molar-refractivity contribution in [1.82, 2.24) is 4.57 Å². The number of nitrogens with zero attached hydrogens (tertiary/aromatic N) is 1. The molecule has 1 heterocycles. The summed E-state index contributed by atoms with van der Waals surface area (Å²) in [6.45, 7) is 0. The largest absolute Gasteiger partial charge is 0.545 e. The van der Waals surface area contributed by atoms with Crippen molar-refractivity contribution in [2.24, 2.45) is 7.05 Å². The second kappa shape index (κ2) is 4.67. The number of aryl methyl sites for hydroxylation is 1. The van der Waals surface area contributed by atoms with Crippen LogP contribution in [0.2, 0.25) is 0 Å². The highest BCUT2D eigenvalue weighted by molar-refractivity contribution is 9.10. The normalized spacial score (nSPS) is 16.3. The van der Waals surface area contributed by atoms with E-state index >= 15 is 0 Å². The van der Waals surface area contributed by atoms with E-state index in [0.717, 1.165) is 15.5 Å². The third kappa shape index (κ3) is 1.98. The smallest absolute Gasteiger partial charge is 0.0890 e. The summed E-state index contributed by atoms with van der Waals surface area (Å²) < 4.78 is 3.10. The molecule has 19 heavy (non-hydrogen) atoms. The van der Waals surface area contributed by atoms with Crippen LogP contribution in [0.1, 0.15) is 47.5 Å². The number of benzene rings is 1. The minimum atomic E-state index is -1.12. The van der Waals surface area contributed by atoms with E-state index in [9.17, 15) is 9.90 Å². The highest BCUT2D eigenvalue weighted by atomic mass is 79.9. The summed E-state index contributed by atoms with van der Waals surface area (Å²) in [7, 11) is 1.96. The molecule has 1 aliphatic carbocycles. The van der Waals surface area contributed by atoms with Crippen LogP contribution >= 0.6 is 15.9 Å². The van der Waals surface area contributed by atoms with Gasteiger partial charge in [0, 0.05) is 18.0 Å². The fourth-order valence-corrected chi connectivity index (χ4v) is 3.89. The second-order valence-electron chi connectivity index (χ2n) is 5.26. The Labute approximate surface area is 120 Å². The number of aromatic nitrogens is 1. The molecule has 0 amide bonds. The maximum atomic E-state index is 11.0. The molecule has 4 heteroatoms. The van der Waals surface area contributed by atoms with Gasteiger partial charge in [-0.15, -0.1) is 0 Å². The van der Waals surface area contributed by atoms with Gasteiger partial charge in [0.25, 0.3) is 0 Å². The van der Waals surface area contributed by atoms with Gasteiger partial charge in [0.15, 0.2) is 0 Å². The van der Waals surface area contributed by atoms with E-state index in [2.05, 4.69) is 15.9 Å². The molecular formula is C15H15BrNO2-. The summed E-state index contributed by atoms with van der Waals surface area (Å²) in [5.74, 6) is -0.534. The van der Waals surface area contributed by atoms with Crippen LogP contribution in [-0.4, -0.2) is 10.5 Å². The van der Waals surface area contributed by atoms with Gasteiger partial charge in [0.05, 0.1) is 10.6 Å². The molecule has 1 aliphatic rings. The lowest BCUT2D eigenvalue weighted by Crippen LogP contribution is -2.22. The number of carbonyl (C=O) groups is 1. The standard InChI is InChI=1S/C15H16BrNO2/c1-17-12-8-10(15(18)19)6-7-11(12)13(14(17)16)9-4-2-3-5-9/h6-9H,2-5H2,1H3,(H,18,19)/p-1. The number of hydrogen-bond donors (Lipinski definition) is 0. The van der Waals surface area contributed by atoms with Gasteiger partial charge in [-0.05, 0) is 51.9 Å². The van der Waals surface area contributed by atoms with Gasteiger partial charge in [-0.2, -0.15) is 0 Å². The van der Waals surface area contributed by atoms with Crippen molar-refractivity contribution >= 4 is 32.8 Å². The molecule has 1 saturated carbocycles. The third-order valence-corrected chi connectivity index (χ3v) is 5.12. The molecule has 0 radical (unpaired) electrons. The van der Waals surface area contributed by atoms with Gasteiger partial charge in [0.2, 0.25) is 0 Å². The summed E-state index contributed by atoms with van der Waals surface area (Å²) in [4.78, 5) is 11.0. The van der Waals surface area contributed by atoms with E-state index in [1.807, 2.05) is 17.7 Å². The van der Waals surface area contributed by atoms with Crippen LogP contribution in [0.3, 0.4) is 0 Å². The van der Waals surface area contributed by atoms with Crippen LogP contribution in [0.15, 0.2) is 22.8 Å². The fraction of sp³-hybridized carbons (Fsp3) is 0.400. The Bertz CT molecular complexity index is 654. The van der Waals surface area contributed by atoms with E-state index in [1.54, 1.807) is 12.1 Å². The number of fused-ring (bicyclic) bond motifs is 1. The molecule has 1 aromatic carbocycles. The van der Waals surface area contributed by atoms with Gasteiger partial charge >= 0.3 is 0 Å². The molecule has 1 aromatic heterocycles. The zero-order chi connectivity index (χ0) is 13.6. The lowest BCUT2D eigenvalue weighted by atomic mass is 9.97. The average molecular weight is 321 g/mol. The molecule has 0 atom stereocenters. The summed E-state index contributed by atoms with van der Waals surface area (Å²) >= 11 is 3.67. The number of hydrogen-bond acceptors (Lipinski definition) is 2. The average Bonchev–Trinajstić information content (AvgIpc) is 2.98. The second-order valence-corrected chi connectivity index (χ2v) is 6.02. The van der Waals surface area contributed by atoms with E-state index in [1.165, 1.54) is 31.2 Å². The van der Waals surface area contributed by atoms with E-state index < -0.39 is 5.97 Å². The lowest BCUT2D eigenvalue weighted by molar-refractivity contribution is -0.255. The van der Waals surface area contributed by atoms with E-state index in [0.29, 0.717) is 5.92 Å². The zero-order valence-electron chi connectivity index (χ0n) is 10.8. The van der Waals surface area contributed by atoms with Crippen molar-refractivity contribution in [3.05, 3.63) is 33.9 Å². The molecule has 100 valence electrons. The Morgan fingerprint density at radius 2 is 2.05 bits per heavy atom. The number of carboxylic acids is 1. The maximum absolute atomic E-state index is 11.0. The van der Waals surface area contributed by atoms with Crippen LogP contribution in [-0.2, 0) is 7.05 Å². The number of rotatable bonds is 2. The Kier molecular flexibility index (Phi) is 3.13. The molecule has 3 nitrogen and oxygen atoms in total. The Morgan fingerprint density at radius 3 is 2.68 bits per heavy atom. The monoisotopic (exact) mass is 320 g/mol. The summed E-state index contributed by atoms with van der Waals surface area (Å²) in [5, 5.41) is 12.1. The van der Waals surface area contributed by atoms with Gasteiger partial charge in [0.1, 0.15) is 0 Å². The third-order valence-electron chi connectivity index (χ3n) is 4.17. The molecular weight excluding hydrogens is 306 g/mol. The Morgan fingerprint density at radius 1 is 1.37 bits per heavy atom. The zero-order valence-corrected chi connectivity index (χ0v) is 12.4. The summed E-state index contributed by atoms with van der Waals surface area (Å²) in [6.07, 6.45) is 5.01. The van der Waals surface area contributed by atoms with E-state index in [4.69, 9.17) is 0 Å². The summed E-state index contributed by atoms with van der Waals surface area (Å²) in [6, 6.07) is 5.26. The SMILES string of the molecule is Cn1c(Br)c(C2CCCC2)c2ccc(C(=O)[O-])cc21. The minimum Gasteiger partial charge on any atom is -0.545 e. The highest BCUT2D eigenvalue weighted by Crippen LogP contribution is 2.42. The topological polar surface area (TPSA) is 45.1 Å². The fourth-order valence-electron chi connectivity index (χ4n) is 3.16. The number of carboxylic acid groups (broad SMARTS) is 1. The molecule has 0 saturated heterocycles. The van der Waals surface area contributed by atoms with Gasteiger partial charge in [-0.3, -0.25) is 0 Å². The van der Waals surface area contributed by atoms with Crippen LogP contribution < -0.4 is 5.11 Å². The van der Waals surface area contributed by atoms with Crippen LogP contribution in [0.25, 0.3) is 10.9 Å².